The third kappa shape index (κ3) is 3.49. The van der Waals surface area contributed by atoms with Crippen LogP contribution in [0, 0.1) is 5.82 Å². The zero-order valence-corrected chi connectivity index (χ0v) is 17.4. The average Bonchev–Trinajstić information content (AvgIpc) is 3.32. The predicted octanol–water partition coefficient (Wildman–Crippen LogP) is 4.83. The Hall–Kier alpha value is -1.77. The van der Waals surface area contributed by atoms with Crippen molar-refractivity contribution in [3.63, 3.8) is 0 Å². The molecule has 1 aromatic carbocycles. The van der Waals surface area contributed by atoms with Gasteiger partial charge in [-0.1, -0.05) is 6.07 Å². The lowest BCUT2D eigenvalue weighted by Crippen LogP contribution is -2.16. The Bertz CT molecular complexity index is 1010. The van der Waals surface area contributed by atoms with Crippen LogP contribution in [-0.2, 0) is 46.1 Å². The van der Waals surface area contributed by atoms with E-state index >= 15 is 0 Å². The summed E-state index contributed by atoms with van der Waals surface area (Å²) in [6.45, 7) is 2.90. The molecule has 5 nitrogen and oxygen atoms in total. The number of halogens is 1. The molecule has 2 amide bonds. The number of aliphatic hydroxyl groups is 1. The van der Waals surface area contributed by atoms with Crippen molar-refractivity contribution >= 4 is 33.7 Å². The maximum Gasteiger partial charge on any atom is 0.322 e. The van der Waals surface area contributed by atoms with Crippen molar-refractivity contribution in [3.8, 4) is 0 Å². The smallest absolute Gasteiger partial charge is 0.322 e. The number of nitrogens with one attached hydrogen (secondary N) is 1. The number of fused-ring (bicyclic) bond motifs is 2. The monoisotopic (exact) mass is 421 g/mol. The van der Waals surface area contributed by atoms with Crippen LogP contribution in [-0.4, -0.2) is 11.1 Å². The SMILES string of the molecule is CC(C)(O)c1csc([S-](=O)=NC(=O)Nc2c3c(cc4c2CCC4)CCC3)c1F. The molecular weight excluding hydrogens is 399 g/mol. The fourth-order valence-electron chi connectivity index (χ4n) is 4.07. The number of anilines is 1. The predicted molar refractivity (Wildman–Crippen MR) is 108 cm³/mol. The van der Waals surface area contributed by atoms with Crippen LogP contribution in [0.15, 0.2) is 20.0 Å². The van der Waals surface area contributed by atoms with Gasteiger partial charge < -0.3 is 19.0 Å². The molecule has 0 spiro atoms. The van der Waals surface area contributed by atoms with E-state index in [-0.39, 0.29) is 9.77 Å². The second kappa shape index (κ2) is 7.24. The molecule has 0 aliphatic heterocycles. The summed E-state index contributed by atoms with van der Waals surface area (Å²) in [6, 6.07) is 1.53. The van der Waals surface area contributed by atoms with Crippen molar-refractivity contribution in [2.75, 3.05) is 5.32 Å². The van der Waals surface area contributed by atoms with Crippen LogP contribution in [0.3, 0.4) is 0 Å². The van der Waals surface area contributed by atoms with Crippen LogP contribution in [0.1, 0.15) is 54.5 Å². The lowest BCUT2D eigenvalue weighted by atomic mass is 9.99. The van der Waals surface area contributed by atoms with Crippen molar-refractivity contribution in [3.05, 3.63) is 45.1 Å². The topological polar surface area (TPSA) is 78.8 Å². The minimum atomic E-state index is -2.16. The molecule has 28 heavy (non-hydrogen) atoms. The highest BCUT2D eigenvalue weighted by molar-refractivity contribution is 7.78. The highest BCUT2D eigenvalue weighted by atomic mass is 32.2. The van der Waals surface area contributed by atoms with Crippen molar-refractivity contribution in [1.82, 2.24) is 0 Å². The van der Waals surface area contributed by atoms with Gasteiger partial charge in [-0.2, -0.15) is 11.3 Å². The third-order valence-electron chi connectivity index (χ3n) is 5.39. The number of carbonyl (C=O) groups excluding carboxylic acids is 1. The second-order valence-corrected chi connectivity index (χ2v) is 10.0. The molecule has 0 radical (unpaired) electrons. The third-order valence-corrected chi connectivity index (χ3v) is 7.68. The standard InChI is InChI=1S/C20H22FN2O3S2/c1-20(2,25)15-10-27-18(16(15)21)28(26)23-19(24)22-17-13-7-3-5-11(13)9-12-6-4-8-14(12)17/h9-10,25H,3-8H2,1-2H3,(H,22,24)/q-1. The number of hydrogen-bond donors (Lipinski definition) is 2. The molecular formula is C20H22FN2O3S2-. The first-order chi connectivity index (χ1) is 13.3. The number of carbonyl (C=O) groups is 1. The fraction of sp³-hybridized carbons (Fsp3) is 0.450. The first-order valence-corrected chi connectivity index (χ1v) is 11.4. The minimum absolute atomic E-state index is 0.0511. The number of amides is 2. The molecule has 2 aromatic rings. The Morgan fingerprint density at radius 1 is 1.21 bits per heavy atom. The minimum Gasteiger partial charge on any atom is -0.439 e. The molecule has 0 bridgehead atoms. The molecule has 0 atom stereocenters. The molecule has 1 aromatic heterocycles. The van der Waals surface area contributed by atoms with Gasteiger partial charge in [0.25, 0.3) is 0 Å². The average molecular weight is 422 g/mol. The normalized spacial score (nSPS) is 16.9. The second-order valence-electron chi connectivity index (χ2n) is 7.81. The highest BCUT2D eigenvalue weighted by Gasteiger charge is 2.25. The summed E-state index contributed by atoms with van der Waals surface area (Å²) in [4.78, 5) is 12.5. The fourth-order valence-corrected chi connectivity index (χ4v) is 6.03. The van der Waals surface area contributed by atoms with Crippen LogP contribution in [0.2, 0.25) is 0 Å². The van der Waals surface area contributed by atoms with Crippen LogP contribution in [0.5, 0.6) is 0 Å². The van der Waals surface area contributed by atoms with E-state index < -0.39 is 28.0 Å². The van der Waals surface area contributed by atoms with E-state index in [0.29, 0.717) is 0 Å². The highest BCUT2D eigenvalue weighted by Crippen LogP contribution is 2.38. The van der Waals surface area contributed by atoms with Gasteiger partial charge in [-0.3, -0.25) is 0 Å². The summed E-state index contributed by atoms with van der Waals surface area (Å²) in [6.07, 6.45) is 5.96. The maximum absolute atomic E-state index is 14.5. The molecule has 0 saturated heterocycles. The molecule has 2 N–H and O–H groups in total. The molecule has 0 unspecified atom stereocenters. The number of hydrogen-bond acceptors (Lipinski definition) is 5. The zero-order valence-electron chi connectivity index (χ0n) is 15.8. The Morgan fingerprint density at radius 2 is 1.82 bits per heavy atom. The summed E-state index contributed by atoms with van der Waals surface area (Å²) in [7, 11) is -2.16. The van der Waals surface area contributed by atoms with E-state index in [4.69, 9.17) is 0 Å². The van der Waals surface area contributed by atoms with Crippen LogP contribution in [0.4, 0.5) is 14.9 Å². The van der Waals surface area contributed by atoms with Gasteiger partial charge in [-0.15, -0.1) is 10.6 Å². The van der Waals surface area contributed by atoms with Crippen molar-refractivity contribution in [2.45, 2.75) is 62.2 Å². The summed E-state index contributed by atoms with van der Waals surface area (Å²) in [5, 5.41) is 14.2. The summed E-state index contributed by atoms with van der Waals surface area (Å²) in [5.41, 5.74) is 4.33. The Morgan fingerprint density at radius 3 is 2.36 bits per heavy atom. The van der Waals surface area contributed by atoms with Gasteiger partial charge in [0.15, 0.2) is 0 Å². The number of nitrogens with zero attached hydrogens (tertiary/aromatic N) is 1. The summed E-state index contributed by atoms with van der Waals surface area (Å²) < 4.78 is 30.4. The lowest BCUT2D eigenvalue weighted by Gasteiger charge is -2.16. The lowest BCUT2D eigenvalue weighted by molar-refractivity contribution is 0.0748. The Balaban J connectivity index is 1.63. The maximum atomic E-state index is 14.5. The van der Waals surface area contributed by atoms with Gasteiger partial charge in [0.1, 0.15) is 5.82 Å². The van der Waals surface area contributed by atoms with Gasteiger partial charge in [0, 0.05) is 11.3 Å². The first-order valence-electron chi connectivity index (χ1n) is 9.36. The quantitative estimate of drug-likeness (QED) is 0.697. The number of benzene rings is 1. The molecule has 8 heteroatoms. The van der Waals surface area contributed by atoms with E-state index in [1.54, 1.807) is 0 Å². The zero-order chi connectivity index (χ0) is 20.1. The van der Waals surface area contributed by atoms with Crippen molar-refractivity contribution in [1.29, 1.82) is 0 Å². The number of rotatable bonds is 3. The molecule has 150 valence electrons. The molecule has 1 heterocycles. The molecule has 4 rings (SSSR count). The van der Waals surface area contributed by atoms with Gasteiger partial charge in [0.2, 0.25) is 0 Å². The summed E-state index contributed by atoms with van der Waals surface area (Å²) >= 11 is 0.891. The molecule has 0 fully saturated rings. The van der Waals surface area contributed by atoms with Crippen molar-refractivity contribution in [2.24, 2.45) is 4.36 Å². The van der Waals surface area contributed by atoms with E-state index in [1.165, 1.54) is 30.4 Å². The van der Waals surface area contributed by atoms with Crippen LogP contribution < -0.4 is 5.32 Å². The van der Waals surface area contributed by atoms with E-state index in [9.17, 15) is 18.5 Å². The van der Waals surface area contributed by atoms with Crippen LogP contribution >= 0.6 is 11.3 Å². The summed E-state index contributed by atoms with van der Waals surface area (Å²) in [5.74, 6) is -0.770. The first kappa shape index (κ1) is 19.5. The molecule has 2 aliphatic rings. The van der Waals surface area contributed by atoms with Gasteiger partial charge in [-0.05, 0) is 84.2 Å². The van der Waals surface area contributed by atoms with E-state index in [2.05, 4.69) is 15.7 Å². The largest absolute Gasteiger partial charge is 0.439 e. The van der Waals surface area contributed by atoms with E-state index in [0.717, 1.165) is 66.7 Å². The van der Waals surface area contributed by atoms with Gasteiger partial charge in [0.05, 0.1) is 5.60 Å². The molecule has 2 aliphatic carbocycles. The van der Waals surface area contributed by atoms with Crippen LogP contribution in [0.25, 0.3) is 0 Å². The Labute approximate surface area is 169 Å². The van der Waals surface area contributed by atoms with Gasteiger partial charge >= 0.3 is 6.03 Å². The van der Waals surface area contributed by atoms with Gasteiger partial charge in [-0.25, -0.2) is 9.18 Å². The molecule has 0 saturated carbocycles. The number of urea groups is 1. The van der Waals surface area contributed by atoms with Crippen molar-refractivity contribution < 1.29 is 18.5 Å². The van der Waals surface area contributed by atoms with E-state index in [1.807, 2.05) is 0 Å². The number of aryl methyl sites for hydroxylation is 2. The Kier molecular flexibility index (Phi) is 5.05. The number of thiophene rings is 1.